The van der Waals surface area contributed by atoms with Gasteiger partial charge in [-0.2, -0.15) is 0 Å². The summed E-state index contributed by atoms with van der Waals surface area (Å²) in [6, 6.07) is 3.82. The molecule has 0 aliphatic heterocycles. The Morgan fingerprint density at radius 1 is 1.44 bits per heavy atom. The van der Waals surface area contributed by atoms with Crippen LogP contribution in [0.5, 0.6) is 0 Å². The van der Waals surface area contributed by atoms with Crippen molar-refractivity contribution in [3.05, 3.63) is 33.1 Å². The van der Waals surface area contributed by atoms with Gasteiger partial charge in [0.25, 0.3) is 5.91 Å². The average molecular weight is 367 g/mol. The van der Waals surface area contributed by atoms with Gasteiger partial charge in [-0.3, -0.25) is 4.79 Å². The number of benzene rings is 1. The van der Waals surface area contributed by atoms with Gasteiger partial charge in [0.05, 0.1) is 24.3 Å². The summed E-state index contributed by atoms with van der Waals surface area (Å²) >= 11 is 1.86. The maximum absolute atomic E-state index is 12.9. The molecule has 0 atom stereocenters. The molecule has 0 saturated carbocycles. The van der Waals surface area contributed by atoms with E-state index in [-0.39, 0.29) is 13.2 Å². The number of carbonyl (C=O) groups excluding carboxylic acids is 1. The number of carbonyl (C=O) groups is 1. The molecule has 1 rings (SSSR count). The molecule has 0 aliphatic carbocycles. The second kappa shape index (κ2) is 6.44. The van der Waals surface area contributed by atoms with Crippen molar-refractivity contribution in [1.29, 1.82) is 0 Å². The smallest absolute Gasteiger partial charge is 0.252 e. The van der Waals surface area contributed by atoms with Crippen molar-refractivity contribution >= 4 is 28.5 Å². The average Bonchev–Trinajstić information content (AvgIpc) is 2.36. The van der Waals surface area contributed by atoms with Crippen LogP contribution < -0.4 is 5.32 Å². The van der Waals surface area contributed by atoms with Gasteiger partial charge in [0, 0.05) is 3.57 Å². The van der Waals surface area contributed by atoms with Gasteiger partial charge in [-0.05, 0) is 47.2 Å². The van der Waals surface area contributed by atoms with E-state index in [1.165, 1.54) is 18.2 Å². The maximum Gasteiger partial charge on any atom is 0.252 e. The molecule has 0 bridgehead atoms. The lowest BCUT2D eigenvalue weighted by Gasteiger charge is -2.29. The Labute approximate surface area is 118 Å². The van der Waals surface area contributed by atoms with Crippen LogP contribution in [-0.2, 0) is 0 Å². The fraction of sp³-hybridized carbons (Fsp3) is 0.417. The highest BCUT2D eigenvalue weighted by molar-refractivity contribution is 14.1. The molecule has 1 aromatic rings. The zero-order valence-electron chi connectivity index (χ0n) is 9.91. The molecular formula is C12H15FINO3. The molecule has 6 heteroatoms. The largest absolute Gasteiger partial charge is 0.394 e. The third-order valence-electron chi connectivity index (χ3n) is 2.84. The van der Waals surface area contributed by atoms with Crippen LogP contribution in [0.25, 0.3) is 0 Å². The molecule has 0 spiro atoms. The zero-order chi connectivity index (χ0) is 13.8. The maximum atomic E-state index is 12.9. The Morgan fingerprint density at radius 3 is 2.50 bits per heavy atom. The van der Waals surface area contributed by atoms with Crippen molar-refractivity contribution in [1.82, 2.24) is 5.32 Å². The summed E-state index contributed by atoms with van der Waals surface area (Å²) in [5.41, 5.74) is -0.731. The van der Waals surface area contributed by atoms with E-state index >= 15 is 0 Å². The number of halogens is 2. The van der Waals surface area contributed by atoms with Crippen molar-refractivity contribution in [2.75, 3.05) is 13.2 Å². The van der Waals surface area contributed by atoms with E-state index in [2.05, 4.69) is 5.32 Å². The van der Waals surface area contributed by atoms with Crippen molar-refractivity contribution in [3.63, 3.8) is 0 Å². The summed E-state index contributed by atoms with van der Waals surface area (Å²) in [5.74, 6) is -0.855. The summed E-state index contributed by atoms with van der Waals surface area (Å²) in [5, 5.41) is 21.1. The lowest BCUT2D eigenvalue weighted by molar-refractivity contribution is 0.0652. The highest BCUT2D eigenvalue weighted by atomic mass is 127. The van der Waals surface area contributed by atoms with E-state index in [9.17, 15) is 19.4 Å². The normalized spacial score (nSPS) is 11.4. The Hall–Kier alpha value is -0.730. The Morgan fingerprint density at radius 2 is 2.06 bits per heavy atom. The second-order valence-corrected chi connectivity index (χ2v) is 5.19. The van der Waals surface area contributed by atoms with E-state index < -0.39 is 17.3 Å². The first-order chi connectivity index (χ1) is 8.48. The highest BCUT2D eigenvalue weighted by Gasteiger charge is 2.29. The number of rotatable bonds is 5. The number of aliphatic hydroxyl groups excluding tert-OH is 2. The third-order valence-corrected chi connectivity index (χ3v) is 3.73. The minimum Gasteiger partial charge on any atom is -0.394 e. The van der Waals surface area contributed by atoms with Crippen LogP contribution in [-0.4, -0.2) is 34.9 Å². The van der Waals surface area contributed by atoms with E-state index in [1.54, 1.807) is 6.92 Å². The summed E-state index contributed by atoms with van der Waals surface area (Å²) in [6.45, 7) is 1.04. The molecule has 3 N–H and O–H groups in total. The number of hydrogen-bond acceptors (Lipinski definition) is 3. The van der Waals surface area contributed by atoms with E-state index in [1.807, 2.05) is 22.6 Å². The Bertz CT molecular complexity index is 427. The molecule has 0 fully saturated rings. The molecule has 0 saturated heterocycles. The quantitative estimate of drug-likeness (QED) is 0.688. The first kappa shape index (κ1) is 15.3. The summed E-state index contributed by atoms with van der Waals surface area (Å²) in [6.07, 6.45) is 0.392. The van der Waals surface area contributed by atoms with Gasteiger partial charge in [0.1, 0.15) is 5.82 Å². The van der Waals surface area contributed by atoms with Crippen molar-refractivity contribution in [2.45, 2.75) is 18.9 Å². The molecule has 1 aromatic carbocycles. The molecule has 18 heavy (non-hydrogen) atoms. The third kappa shape index (κ3) is 3.39. The van der Waals surface area contributed by atoms with Crippen LogP contribution >= 0.6 is 22.6 Å². The van der Waals surface area contributed by atoms with E-state index in [0.29, 0.717) is 15.6 Å². The van der Waals surface area contributed by atoms with Crippen LogP contribution in [0, 0.1) is 9.39 Å². The molecule has 0 unspecified atom stereocenters. The lowest BCUT2D eigenvalue weighted by Crippen LogP contribution is -2.53. The Kier molecular flexibility index (Phi) is 5.48. The summed E-state index contributed by atoms with van der Waals surface area (Å²) in [7, 11) is 0. The van der Waals surface area contributed by atoms with Gasteiger partial charge in [-0.15, -0.1) is 0 Å². The molecule has 0 radical (unpaired) electrons. The number of aliphatic hydroxyl groups is 2. The zero-order valence-corrected chi connectivity index (χ0v) is 12.1. The molecule has 0 aliphatic rings. The summed E-state index contributed by atoms with van der Waals surface area (Å²) < 4.78 is 13.4. The van der Waals surface area contributed by atoms with Gasteiger partial charge in [-0.25, -0.2) is 4.39 Å². The fourth-order valence-electron chi connectivity index (χ4n) is 1.42. The number of hydrogen-bond donors (Lipinski definition) is 3. The SMILES string of the molecule is CCC(CO)(CO)NC(=O)c1ccc(F)cc1I. The minimum atomic E-state index is -1.05. The van der Waals surface area contributed by atoms with Crippen molar-refractivity contribution in [2.24, 2.45) is 0 Å². The molecule has 1 amide bonds. The van der Waals surface area contributed by atoms with Gasteiger partial charge in [0.15, 0.2) is 0 Å². The van der Waals surface area contributed by atoms with Crippen LogP contribution in [0.15, 0.2) is 18.2 Å². The highest BCUT2D eigenvalue weighted by Crippen LogP contribution is 2.16. The molecule has 100 valence electrons. The van der Waals surface area contributed by atoms with Crippen molar-refractivity contribution in [3.8, 4) is 0 Å². The monoisotopic (exact) mass is 367 g/mol. The fourth-order valence-corrected chi connectivity index (χ4v) is 2.15. The molecular weight excluding hydrogens is 352 g/mol. The van der Waals surface area contributed by atoms with E-state index in [0.717, 1.165) is 0 Å². The predicted octanol–water partition coefficient (Wildman–Crippen LogP) is 1.29. The molecule has 0 aromatic heterocycles. The first-order valence-corrected chi connectivity index (χ1v) is 6.55. The number of amides is 1. The van der Waals surface area contributed by atoms with E-state index in [4.69, 9.17) is 0 Å². The van der Waals surface area contributed by atoms with Crippen LogP contribution in [0.3, 0.4) is 0 Å². The lowest BCUT2D eigenvalue weighted by atomic mass is 9.98. The van der Waals surface area contributed by atoms with Gasteiger partial charge in [0.2, 0.25) is 0 Å². The second-order valence-electron chi connectivity index (χ2n) is 4.03. The van der Waals surface area contributed by atoms with Crippen LogP contribution in [0.1, 0.15) is 23.7 Å². The Balaban J connectivity index is 2.94. The van der Waals surface area contributed by atoms with Gasteiger partial charge in [-0.1, -0.05) is 6.92 Å². The van der Waals surface area contributed by atoms with Gasteiger partial charge < -0.3 is 15.5 Å². The van der Waals surface area contributed by atoms with Crippen LogP contribution in [0.4, 0.5) is 4.39 Å². The topological polar surface area (TPSA) is 69.6 Å². The summed E-state index contributed by atoms with van der Waals surface area (Å²) in [4.78, 5) is 12.0. The standard InChI is InChI=1S/C12H15FINO3/c1-2-12(6-16,7-17)15-11(18)9-4-3-8(13)5-10(9)14/h3-5,16-17H,2,6-7H2,1H3,(H,15,18). The van der Waals surface area contributed by atoms with Gasteiger partial charge >= 0.3 is 0 Å². The van der Waals surface area contributed by atoms with Crippen LogP contribution in [0.2, 0.25) is 0 Å². The van der Waals surface area contributed by atoms with Crippen molar-refractivity contribution < 1.29 is 19.4 Å². The predicted molar refractivity (Wildman–Crippen MR) is 73.8 cm³/mol. The number of nitrogens with one attached hydrogen (secondary N) is 1. The molecule has 0 heterocycles. The molecule has 4 nitrogen and oxygen atoms in total. The first-order valence-electron chi connectivity index (χ1n) is 5.47. The minimum absolute atomic E-state index is 0.316.